The van der Waals surface area contributed by atoms with Crippen LogP contribution in [-0.2, 0) is 22.5 Å². The minimum atomic E-state index is -0.278. The van der Waals surface area contributed by atoms with Crippen molar-refractivity contribution in [2.75, 3.05) is 51.8 Å². The Kier molecular flexibility index (Phi) is 7.24. The Bertz CT molecular complexity index is 905. The Hall–Kier alpha value is -3.10. The smallest absolute Gasteiger partial charge is 0.319 e. The van der Waals surface area contributed by atoms with Crippen LogP contribution in [0.1, 0.15) is 11.1 Å². The molecule has 0 aliphatic carbocycles. The van der Waals surface area contributed by atoms with Crippen LogP contribution < -0.4 is 15.4 Å². The fourth-order valence-corrected chi connectivity index (χ4v) is 3.86. The van der Waals surface area contributed by atoms with E-state index in [1.165, 1.54) is 0 Å². The fourth-order valence-electron chi connectivity index (χ4n) is 3.86. The third kappa shape index (κ3) is 5.77. The summed E-state index contributed by atoms with van der Waals surface area (Å²) in [4.78, 5) is 29.2. The second kappa shape index (κ2) is 10.5. The SMILES string of the molecule is COc1ccc(CNC(=O)Nc2ccc(CC(=O)N3CCN(C4COC4)CC3)cc2)cc1. The molecule has 2 aromatic carbocycles. The number of ether oxygens (including phenoxy) is 2. The van der Waals surface area contributed by atoms with Gasteiger partial charge in [-0.05, 0) is 35.4 Å². The van der Waals surface area contributed by atoms with Crippen LogP contribution in [0.4, 0.5) is 10.5 Å². The summed E-state index contributed by atoms with van der Waals surface area (Å²) in [5, 5.41) is 5.65. The van der Waals surface area contributed by atoms with E-state index in [1.807, 2.05) is 53.4 Å². The van der Waals surface area contributed by atoms with Crippen LogP contribution in [0.2, 0.25) is 0 Å². The molecule has 2 heterocycles. The summed E-state index contributed by atoms with van der Waals surface area (Å²) >= 11 is 0. The number of nitrogens with one attached hydrogen (secondary N) is 2. The Morgan fingerprint density at radius 1 is 0.969 bits per heavy atom. The molecule has 170 valence electrons. The number of benzene rings is 2. The van der Waals surface area contributed by atoms with E-state index in [9.17, 15) is 9.59 Å². The summed E-state index contributed by atoms with van der Waals surface area (Å²) in [6.45, 7) is 5.40. The molecule has 0 saturated carbocycles. The van der Waals surface area contributed by atoms with Crippen LogP contribution in [0.15, 0.2) is 48.5 Å². The first-order valence-corrected chi connectivity index (χ1v) is 11.0. The summed E-state index contributed by atoms with van der Waals surface area (Å²) in [7, 11) is 1.62. The van der Waals surface area contributed by atoms with Gasteiger partial charge in [0.25, 0.3) is 0 Å². The first-order chi connectivity index (χ1) is 15.6. The molecule has 2 aromatic rings. The predicted octanol–water partition coefficient (Wildman–Crippen LogP) is 2.10. The van der Waals surface area contributed by atoms with Gasteiger partial charge in [0.1, 0.15) is 5.75 Å². The van der Waals surface area contributed by atoms with Crippen LogP contribution in [-0.4, -0.2) is 74.3 Å². The topological polar surface area (TPSA) is 83.1 Å². The number of methoxy groups -OCH3 is 1. The molecule has 2 fully saturated rings. The summed E-state index contributed by atoms with van der Waals surface area (Å²) in [5.41, 5.74) is 2.61. The number of carbonyl (C=O) groups is 2. The van der Waals surface area contributed by atoms with Crippen LogP contribution >= 0.6 is 0 Å². The molecule has 2 aliphatic rings. The van der Waals surface area contributed by atoms with Crippen molar-refractivity contribution in [2.45, 2.75) is 19.0 Å². The van der Waals surface area contributed by atoms with Crippen LogP contribution in [0.25, 0.3) is 0 Å². The molecule has 4 rings (SSSR count). The molecule has 2 saturated heterocycles. The zero-order valence-electron chi connectivity index (χ0n) is 18.4. The maximum atomic E-state index is 12.6. The third-order valence-corrected chi connectivity index (χ3v) is 5.98. The quantitative estimate of drug-likeness (QED) is 0.692. The zero-order chi connectivity index (χ0) is 22.3. The number of hydrogen-bond donors (Lipinski definition) is 2. The fraction of sp³-hybridized carbons (Fsp3) is 0.417. The van der Waals surface area contributed by atoms with E-state index in [4.69, 9.17) is 9.47 Å². The number of nitrogens with zero attached hydrogens (tertiary/aromatic N) is 2. The Morgan fingerprint density at radius 2 is 1.62 bits per heavy atom. The molecule has 8 nitrogen and oxygen atoms in total. The van der Waals surface area contributed by atoms with Crippen molar-refractivity contribution in [1.29, 1.82) is 0 Å². The van der Waals surface area contributed by atoms with E-state index in [2.05, 4.69) is 15.5 Å². The summed E-state index contributed by atoms with van der Waals surface area (Å²) in [6, 6.07) is 15.2. The van der Waals surface area contributed by atoms with Gasteiger partial charge in [0.15, 0.2) is 0 Å². The van der Waals surface area contributed by atoms with Crippen LogP contribution in [0, 0.1) is 0 Å². The van der Waals surface area contributed by atoms with Crippen molar-refractivity contribution in [3.05, 3.63) is 59.7 Å². The van der Waals surface area contributed by atoms with Crippen molar-refractivity contribution in [1.82, 2.24) is 15.1 Å². The lowest BCUT2D eigenvalue weighted by molar-refractivity contribution is -0.134. The maximum Gasteiger partial charge on any atom is 0.319 e. The molecule has 0 aromatic heterocycles. The van der Waals surface area contributed by atoms with E-state index >= 15 is 0 Å². The van der Waals surface area contributed by atoms with Crippen LogP contribution in [0.5, 0.6) is 5.75 Å². The molecule has 3 amide bonds. The average molecular weight is 439 g/mol. The summed E-state index contributed by atoms with van der Waals surface area (Å²) < 4.78 is 10.4. The number of carbonyl (C=O) groups excluding carboxylic acids is 2. The monoisotopic (exact) mass is 438 g/mol. The molecule has 0 unspecified atom stereocenters. The van der Waals surface area contributed by atoms with Gasteiger partial charge in [-0.2, -0.15) is 0 Å². The lowest BCUT2D eigenvalue weighted by atomic mass is 10.1. The lowest BCUT2D eigenvalue weighted by Crippen LogP contribution is -2.57. The van der Waals surface area contributed by atoms with E-state index in [0.717, 1.165) is 56.3 Å². The van der Waals surface area contributed by atoms with E-state index in [-0.39, 0.29) is 11.9 Å². The minimum absolute atomic E-state index is 0.146. The molecule has 0 spiro atoms. The number of rotatable bonds is 7. The van der Waals surface area contributed by atoms with E-state index < -0.39 is 0 Å². The molecular formula is C24H30N4O4. The van der Waals surface area contributed by atoms with Crippen molar-refractivity contribution < 1.29 is 19.1 Å². The van der Waals surface area contributed by atoms with Crippen molar-refractivity contribution in [3.63, 3.8) is 0 Å². The van der Waals surface area contributed by atoms with E-state index in [0.29, 0.717) is 24.7 Å². The Labute approximate surface area is 188 Å². The summed E-state index contributed by atoms with van der Waals surface area (Å²) in [5.74, 6) is 0.926. The highest BCUT2D eigenvalue weighted by Crippen LogP contribution is 2.16. The third-order valence-electron chi connectivity index (χ3n) is 5.98. The first kappa shape index (κ1) is 22.1. The predicted molar refractivity (Wildman–Crippen MR) is 122 cm³/mol. The maximum absolute atomic E-state index is 12.6. The number of hydrogen-bond acceptors (Lipinski definition) is 5. The second-order valence-electron chi connectivity index (χ2n) is 8.14. The normalized spacial score (nSPS) is 16.8. The number of anilines is 1. The highest BCUT2D eigenvalue weighted by molar-refractivity contribution is 5.89. The molecule has 0 bridgehead atoms. The number of amides is 3. The zero-order valence-corrected chi connectivity index (χ0v) is 18.4. The molecule has 8 heteroatoms. The van der Waals surface area contributed by atoms with Gasteiger partial charge in [-0.15, -0.1) is 0 Å². The van der Waals surface area contributed by atoms with Gasteiger partial charge in [-0.25, -0.2) is 4.79 Å². The number of piperazine rings is 1. The average Bonchev–Trinajstić information content (AvgIpc) is 2.78. The van der Waals surface area contributed by atoms with Gasteiger partial charge in [0, 0.05) is 38.4 Å². The van der Waals surface area contributed by atoms with Crippen molar-refractivity contribution >= 4 is 17.6 Å². The molecule has 0 atom stereocenters. The molecule has 0 radical (unpaired) electrons. The summed E-state index contributed by atoms with van der Waals surface area (Å²) in [6.07, 6.45) is 0.372. The Morgan fingerprint density at radius 3 is 2.22 bits per heavy atom. The van der Waals surface area contributed by atoms with Gasteiger partial charge in [0.05, 0.1) is 32.8 Å². The van der Waals surface area contributed by atoms with Crippen molar-refractivity contribution in [3.8, 4) is 5.75 Å². The standard InChI is InChI=1S/C24H30N4O4/c1-31-22-8-4-19(5-9-22)15-25-24(30)26-20-6-2-18(3-7-20)14-23(29)28-12-10-27(11-13-28)21-16-32-17-21/h2-9,21H,10-17H2,1H3,(H2,25,26,30). The molecule has 2 N–H and O–H groups in total. The largest absolute Gasteiger partial charge is 0.497 e. The minimum Gasteiger partial charge on any atom is -0.497 e. The lowest BCUT2D eigenvalue weighted by Gasteiger charge is -2.42. The molecule has 32 heavy (non-hydrogen) atoms. The molecular weight excluding hydrogens is 408 g/mol. The van der Waals surface area contributed by atoms with Gasteiger partial charge >= 0.3 is 6.03 Å². The first-order valence-electron chi connectivity index (χ1n) is 11.0. The van der Waals surface area contributed by atoms with Gasteiger partial charge in [0.2, 0.25) is 5.91 Å². The highest BCUT2D eigenvalue weighted by atomic mass is 16.5. The van der Waals surface area contributed by atoms with E-state index in [1.54, 1.807) is 7.11 Å². The second-order valence-corrected chi connectivity index (χ2v) is 8.14. The molecule has 2 aliphatic heterocycles. The van der Waals surface area contributed by atoms with Gasteiger partial charge in [-0.1, -0.05) is 24.3 Å². The van der Waals surface area contributed by atoms with Crippen LogP contribution in [0.3, 0.4) is 0 Å². The highest BCUT2D eigenvalue weighted by Gasteiger charge is 2.30. The van der Waals surface area contributed by atoms with Gasteiger partial charge in [-0.3, -0.25) is 9.69 Å². The number of urea groups is 1. The van der Waals surface area contributed by atoms with Gasteiger partial charge < -0.3 is 25.0 Å². The van der Waals surface area contributed by atoms with Crippen molar-refractivity contribution in [2.24, 2.45) is 0 Å². The Balaban J connectivity index is 1.19.